The van der Waals surface area contributed by atoms with Gasteiger partial charge in [-0.25, -0.2) is 4.98 Å². The summed E-state index contributed by atoms with van der Waals surface area (Å²) in [5.41, 5.74) is -4.59. The molecule has 0 atom stereocenters. The molecule has 0 amide bonds. The maximum absolute atomic E-state index is 12.5. The monoisotopic (exact) mass is 445 g/mol. The van der Waals surface area contributed by atoms with Gasteiger partial charge in [0.25, 0.3) is 0 Å². The highest BCUT2D eigenvalue weighted by molar-refractivity contribution is 9.10. The Bertz CT molecular complexity index is 858. The normalized spacial score (nSPS) is 15.1. The van der Waals surface area contributed by atoms with E-state index in [9.17, 15) is 21.6 Å². The molecule has 0 unspecified atom stereocenters. The average molecular weight is 446 g/mol. The zero-order valence-corrected chi connectivity index (χ0v) is 16.3. The van der Waals surface area contributed by atoms with Crippen LogP contribution in [-0.2, 0) is 10.1 Å². The van der Waals surface area contributed by atoms with Gasteiger partial charge >= 0.3 is 15.6 Å². The number of fused-ring (bicyclic) bond motifs is 1. The maximum atomic E-state index is 12.5. The van der Waals surface area contributed by atoms with Crippen molar-refractivity contribution in [2.24, 2.45) is 0 Å². The Kier molecular flexibility index (Phi) is 5.51. The summed E-state index contributed by atoms with van der Waals surface area (Å²) in [6.45, 7) is 5.47. The first kappa shape index (κ1) is 19.5. The lowest BCUT2D eigenvalue weighted by molar-refractivity contribution is -0.0500. The van der Waals surface area contributed by atoms with Gasteiger partial charge < -0.3 is 4.18 Å². The van der Waals surface area contributed by atoms with Gasteiger partial charge in [0.1, 0.15) is 0 Å². The molecule has 1 aromatic heterocycles. The highest BCUT2D eigenvalue weighted by Crippen LogP contribution is 2.47. The summed E-state index contributed by atoms with van der Waals surface area (Å²) in [6.07, 6.45) is 2.09. The number of alkyl halides is 3. The number of nitrogens with zero attached hydrogens (tertiary/aromatic N) is 1. The molecule has 1 heterocycles. The van der Waals surface area contributed by atoms with E-state index in [4.69, 9.17) is 0 Å². The van der Waals surface area contributed by atoms with Crippen LogP contribution in [0.25, 0.3) is 10.2 Å². The minimum Gasteiger partial charge on any atom is -0.374 e. The second kappa shape index (κ2) is 6.80. The van der Waals surface area contributed by atoms with Gasteiger partial charge in [-0.1, -0.05) is 13.8 Å². The van der Waals surface area contributed by atoms with Crippen molar-refractivity contribution in [1.29, 1.82) is 0 Å². The van der Waals surface area contributed by atoms with Crippen molar-refractivity contribution in [3.63, 3.8) is 0 Å². The third-order valence-electron chi connectivity index (χ3n) is 3.18. The van der Waals surface area contributed by atoms with Gasteiger partial charge in [0.2, 0.25) is 0 Å². The number of thiazole rings is 1. The van der Waals surface area contributed by atoms with Crippen LogP contribution >= 0.6 is 27.3 Å². The van der Waals surface area contributed by atoms with Crippen molar-refractivity contribution >= 4 is 47.6 Å². The van der Waals surface area contributed by atoms with Crippen molar-refractivity contribution in [3.05, 3.63) is 21.1 Å². The first-order valence-electron chi connectivity index (χ1n) is 7.20. The first-order chi connectivity index (χ1) is 11.1. The number of aryl methyl sites for hydroxylation is 1. The second-order valence-electron chi connectivity index (χ2n) is 4.99. The zero-order valence-electron chi connectivity index (χ0n) is 13.1. The Morgan fingerprint density at radius 3 is 2.42 bits per heavy atom. The van der Waals surface area contributed by atoms with Crippen LogP contribution in [0.15, 0.2) is 10.5 Å². The van der Waals surface area contributed by atoms with Gasteiger partial charge in [0.05, 0.1) is 19.7 Å². The third-order valence-corrected chi connectivity index (χ3v) is 6.41. The molecule has 0 N–H and O–H groups in total. The summed E-state index contributed by atoms with van der Waals surface area (Å²) < 4.78 is 64.9. The van der Waals surface area contributed by atoms with E-state index >= 15 is 0 Å². The van der Waals surface area contributed by atoms with Crippen LogP contribution in [0.3, 0.4) is 0 Å². The van der Waals surface area contributed by atoms with E-state index in [1.165, 1.54) is 24.3 Å². The van der Waals surface area contributed by atoms with E-state index in [0.717, 1.165) is 17.8 Å². The van der Waals surface area contributed by atoms with Gasteiger partial charge in [0.15, 0.2) is 5.75 Å². The van der Waals surface area contributed by atoms with Crippen molar-refractivity contribution in [2.45, 2.75) is 45.0 Å². The lowest BCUT2D eigenvalue weighted by atomic mass is 10.2. The highest BCUT2D eigenvalue weighted by Gasteiger charge is 2.49. The van der Waals surface area contributed by atoms with Crippen molar-refractivity contribution in [3.8, 4) is 5.75 Å². The second-order valence-corrected chi connectivity index (χ2v) is 8.36. The molecular weight excluding hydrogens is 431 g/mol. The standard InChI is InChI=1S/C12H9BrF3NO3S2.C2H6/c1-5-4-7-10(21-11(17-7)6-2-3-6)8(13)9(5)20-22(18,19)12(14,15)16;1-2/h4,6H,2-3H2,1H3;1-2H3. The molecule has 10 heteroatoms. The summed E-state index contributed by atoms with van der Waals surface area (Å²) in [5.74, 6) is 0.0451. The molecule has 1 aliphatic carbocycles. The lowest BCUT2D eigenvalue weighted by Gasteiger charge is -2.13. The van der Waals surface area contributed by atoms with Crippen LogP contribution in [-0.4, -0.2) is 18.9 Å². The molecule has 0 bridgehead atoms. The van der Waals surface area contributed by atoms with Crippen LogP contribution < -0.4 is 4.18 Å². The molecule has 4 nitrogen and oxygen atoms in total. The molecule has 24 heavy (non-hydrogen) atoms. The summed E-state index contributed by atoms with van der Waals surface area (Å²) in [5, 5.41) is 0.908. The van der Waals surface area contributed by atoms with Crippen LogP contribution in [0.2, 0.25) is 0 Å². The van der Waals surface area contributed by atoms with E-state index in [-0.39, 0.29) is 15.8 Å². The Balaban J connectivity index is 0.00000100. The van der Waals surface area contributed by atoms with Crippen LogP contribution in [0.4, 0.5) is 13.2 Å². The molecule has 1 fully saturated rings. The number of hydrogen-bond acceptors (Lipinski definition) is 5. The van der Waals surface area contributed by atoms with Crippen molar-refractivity contribution in [1.82, 2.24) is 4.98 Å². The summed E-state index contributed by atoms with van der Waals surface area (Å²) in [7, 11) is -5.71. The lowest BCUT2D eigenvalue weighted by Crippen LogP contribution is -2.28. The molecule has 0 radical (unpaired) electrons. The number of rotatable bonds is 3. The van der Waals surface area contributed by atoms with E-state index in [1.54, 1.807) is 0 Å². The van der Waals surface area contributed by atoms with Gasteiger partial charge in [-0.3, -0.25) is 0 Å². The molecule has 3 rings (SSSR count). The van der Waals surface area contributed by atoms with Gasteiger partial charge in [-0.05, 0) is 47.3 Å². The summed E-state index contributed by atoms with van der Waals surface area (Å²) >= 11 is 4.49. The molecule has 0 aliphatic heterocycles. The Hall–Kier alpha value is -0.870. The maximum Gasteiger partial charge on any atom is 0.534 e. The third kappa shape index (κ3) is 3.70. The number of hydrogen-bond donors (Lipinski definition) is 0. The van der Waals surface area contributed by atoms with E-state index < -0.39 is 15.6 Å². The number of aromatic nitrogens is 1. The topological polar surface area (TPSA) is 56.3 Å². The Morgan fingerprint density at radius 2 is 1.92 bits per heavy atom. The fourth-order valence-electron chi connectivity index (χ4n) is 1.92. The predicted octanol–water partition coefficient (Wildman–Crippen LogP) is 5.50. The van der Waals surface area contributed by atoms with Crippen LogP contribution in [0.5, 0.6) is 5.75 Å². The highest BCUT2D eigenvalue weighted by atomic mass is 79.9. The number of benzene rings is 1. The molecular formula is C14H15BrF3NO3S2. The Labute approximate surface area is 150 Å². The average Bonchev–Trinajstić information content (AvgIpc) is 3.25. The van der Waals surface area contributed by atoms with E-state index in [2.05, 4.69) is 25.1 Å². The molecule has 0 spiro atoms. The van der Waals surface area contributed by atoms with Gasteiger partial charge in [-0.2, -0.15) is 21.6 Å². The van der Waals surface area contributed by atoms with Gasteiger partial charge in [0, 0.05) is 5.92 Å². The van der Waals surface area contributed by atoms with Crippen molar-refractivity contribution < 1.29 is 25.8 Å². The molecule has 1 saturated carbocycles. The van der Waals surface area contributed by atoms with Crippen LogP contribution in [0, 0.1) is 6.92 Å². The molecule has 134 valence electrons. The SMILES string of the molecule is CC.Cc1cc2nc(C3CC3)sc2c(Br)c1OS(=O)(=O)C(F)(F)F. The smallest absolute Gasteiger partial charge is 0.374 e. The molecule has 1 aliphatic rings. The molecule has 2 aromatic rings. The quantitative estimate of drug-likeness (QED) is 0.462. The zero-order chi connectivity index (χ0) is 18.3. The van der Waals surface area contributed by atoms with E-state index in [1.807, 2.05) is 13.8 Å². The predicted molar refractivity (Wildman–Crippen MR) is 91.0 cm³/mol. The van der Waals surface area contributed by atoms with Crippen molar-refractivity contribution in [2.75, 3.05) is 0 Å². The molecule has 0 saturated heterocycles. The number of halogens is 4. The summed E-state index contributed by atoms with van der Waals surface area (Å²) in [4.78, 5) is 4.44. The molecule has 1 aromatic carbocycles. The van der Waals surface area contributed by atoms with E-state index in [0.29, 0.717) is 16.1 Å². The van der Waals surface area contributed by atoms with Crippen LogP contribution in [0.1, 0.15) is 43.2 Å². The Morgan fingerprint density at radius 1 is 1.33 bits per heavy atom. The first-order valence-corrected chi connectivity index (χ1v) is 10.2. The summed E-state index contributed by atoms with van der Waals surface area (Å²) in [6, 6.07) is 1.53. The fraction of sp³-hybridized carbons (Fsp3) is 0.500. The van der Waals surface area contributed by atoms with Gasteiger partial charge in [-0.15, -0.1) is 11.3 Å². The minimum atomic E-state index is -5.71. The minimum absolute atomic E-state index is 0.180. The largest absolute Gasteiger partial charge is 0.534 e. The fourth-order valence-corrected chi connectivity index (χ4v) is 4.54.